The molecule has 0 aliphatic carbocycles. The number of ether oxygens (including phenoxy) is 1. The van der Waals surface area contributed by atoms with Crippen molar-refractivity contribution in [3.05, 3.63) is 29.7 Å². The third-order valence-electron chi connectivity index (χ3n) is 3.52. The average molecular weight is 290 g/mol. The van der Waals surface area contributed by atoms with E-state index in [9.17, 15) is 9.59 Å². The molecule has 0 bridgehead atoms. The number of aromatic nitrogens is 3. The van der Waals surface area contributed by atoms with Crippen LogP contribution in [0.15, 0.2) is 18.5 Å². The lowest BCUT2D eigenvalue weighted by Gasteiger charge is -2.31. The maximum atomic E-state index is 12.6. The van der Waals surface area contributed by atoms with Gasteiger partial charge in [-0.3, -0.25) is 4.79 Å². The maximum absolute atomic E-state index is 12.6. The fourth-order valence-electron chi connectivity index (χ4n) is 2.35. The number of carbonyl (C=O) groups is 2. The van der Waals surface area contributed by atoms with E-state index in [4.69, 9.17) is 9.84 Å². The smallest absolute Gasteiger partial charge is 0.334 e. The number of carboxylic acids is 1. The Labute approximate surface area is 119 Å². The lowest BCUT2D eigenvalue weighted by atomic mass is 10.2. The van der Waals surface area contributed by atoms with Gasteiger partial charge in [-0.2, -0.15) is 5.10 Å². The van der Waals surface area contributed by atoms with E-state index in [1.54, 1.807) is 23.7 Å². The van der Waals surface area contributed by atoms with Crippen LogP contribution in [0.5, 0.6) is 0 Å². The number of carbonyl (C=O) groups excluding carboxylic acids is 1. The summed E-state index contributed by atoms with van der Waals surface area (Å²) < 4.78 is 6.70. The molecule has 3 heterocycles. The van der Waals surface area contributed by atoms with Crippen LogP contribution in [0.4, 0.5) is 0 Å². The van der Waals surface area contributed by atoms with Crippen molar-refractivity contribution in [2.45, 2.75) is 13.0 Å². The highest BCUT2D eigenvalue weighted by Gasteiger charge is 2.30. The first kappa shape index (κ1) is 13.5. The first-order valence-electron chi connectivity index (χ1n) is 6.51. The van der Waals surface area contributed by atoms with Crippen LogP contribution in [0.2, 0.25) is 0 Å². The summed E-state index contributed by atoms with van der Waals surface area (Å²) in [5.41, 5.74) is 1.75. The van der Waals surface area contributed by atoms with Crippen LogP contribution < -0.4 is 0 Å². The summed E-state index contributed by atoms with van der Waals surface area (Å²) in [6.45, 7) is 2.38. The second kappa shape index (κ2) is 5.13. The quantitative estimate of drug-likeness (QED) is 0.833. The lowest BCUT2D eigenvalue weighted by molar-refractivity contribution is -0.154. The van der Waals surface area contributed by atoms with E-state index in [1.807, 2.05) is 0 Å². The molecule has 1 fully saturated rings. The second-order valence-electron chi connectivity index (χ2n) is 4.81. The van der Waals surface area contributed by atoms with E-state index in [-0.39, 0.29) is 19.1 Å². The van der Waals surface area contributed by atoms with Gasteiger partial charge in [-0.1, -0.05) is 0 Å². The van der Waals surface area contributed by atoms with Gasteiger partial charge < -0.3 is 14.7 Å². The van der Waals surface area contributed by atoms with E-state index < -0.39 is 12.1 Å². The van der Waals surface area contributed by atoms with Crippen molar-refractivity contribution >= 4 is 17.5 Å². The molecule has 110 valence electrons. The van der Waals surface area contributed by atoms with Crippen molar-refractivity contribution < 1.29 is 19.4 Å². The van der Waals surface area contributed by atoms with Gasteiger partial charge in [-0.15, -0.1) is 0 Å². The van der Waals surface area contributed by atoms with Crippen molar-refractivity contribution in [3.63, 3.8) is 0 Å². The first-order valence-corrected chi connectivity index (χ1v) is 6.51. The highest BCUT2D eigenvalue weighted by Crippen LogP contribution is 2.14. The number of nitrogens with zero attached hydrogens (tertiary/aromatic N) is 4. The Morgan fingerprint density at radius 2 is 2.29 bits per heavy atom. The molecular formula is C13H14N4O4. The zero-order valence-electron chi connectivity index (χ0n) is 11.4. The van der Waals surface area contributed by atoms with Crippen LogP contribution >= 0.6 is 0 Å². The van der Waals surface area contributed by atoms with E-state index in [2.05, 4.69) is 10.1 Å². The zero-order chi connectivity index (χ0) is 15.0. The minimum atomic E-state index is -1.06. The number of morpholine rings is 1. The third-order valence-corrected chi connectivity index (χ3v) is 3.52. The van der Waals surface area contributed by atoms with Crippen molar-refractivity contribution in [2.24, 2.45) is 0 Å². The van der Waals surface area contributed by atoms with Gasteiger partial charge in [0.05, 0.1) is 30.6 Å². The number of aliphatic carboxylic acids is 1. The summed E-state index contributed by atoms with van der Waals surface area (Å²) in [5, 5.41) is 13.1. The molecule has 1 atom stereocenters. The van der Waals surface area contributed by atoms with Crippen LogP contribution in [-0.4, -0.2) is 62.3 Å². The predicted octanol–water partition coefficient (Wildman–Crippen LogP) is -0.0367. The number of hydrogen-bond acceptors (Lipinski definition) is 5. The SMILES string of the molecule is Cc1c(C(=O)N2CCO[C@@H](C(=O)O)C2)cnc2ccnn12. The summed E-state index contributed by atoms with van der Waals surface area (Å²) in [6.07, 6.45) is 2.13. The monoisotopic (exact) mass is 290 g/mol. The molecule has 0 radical (unpaired) electrons. The van der Waals surface area contributed by atoms with Crippen molar-refractivity contribution in [3.8, 4) is 0 Å². The number of rotatable bonds is 2. The average Bonchev–Trinajstić information content (AvgIpc) is 2.96. The molecule has 2 aromatic heterocycles. The molecule has 1 N–H and O–H groups in total. The fourth-order valence-corrected chi connectivity index (χ4v) is 2.35. The normalized spacial score (nSPS) is 18.9. The van der Waals surface area contributed by atoms with Gasteiger partial charge in [0, 0.05) is 18.8 Å². The van der Waals surface area contributed by atoms with E-state index >= 15 is 0 Å². The topological polar surface area (TPSA) is 97.0 Å². The standard InChI is InChI=1S/C13H14N4O4/c1-8-9(6-14-11-2-3-15-17(8)11)12(18)16-4-5-21-10(7-16)13(19)20/h2-3,6,10H,4-5,7H2,1H3,(H,19,20)/t10-/m1/s1. The summed E-state index contributed by atoms with van der Waals surface area (Å²) >= 11 is 0. The van der Waals surface area contributed by atoms with Gasteiger partial charge in [0.2, 0.25) is 0 Å². The maximum Gasteiger partial charge on any atom is 0.334 e. The molecule has 0 aromatic carbocycles. The Balaban J connectivity index is 1.89. The second-order valence-corrected chi connectivity index (χ2v) is 4.81. The van der Waals surface area contributed by atoms with Gasteiger partial charge in [-0.25, -0.2) is 14.3 Å². The molecule has 3 rings (SSSR count). The molecule has 8 nitrogen and oxygen atoms in total. The van der Waals surface area contributed by atoms with E-state index in [0.717, 1.165) is 0 Å². The Hall–Kier alpha value is -2.48. The largest absolute Gasteiger partial charge is 0.479 e. The van der Waals surface area contributed by atoms with Gasteiger partial charge in [-0.05, 0) is 6.92 Å². The van der Waals surface area contributed by atoms with Gasteiger partial charge in [0.15, 0.2) is 11.8 Å². The molecule has 21 heavy (non-hydrogen) atoms. The lowest BCUT2D eigenvalue weighted by Crippen LogP contribution is -2.48. The summed E-state index contributed by atoms with van der Waals surface area (Å²) in [5.74, 6) is -1.32. The molecule has 8 heteroatoms. The molecule has 0 unspecified atom stereocenters. The van der Waals surface area contributed by atoms with Crippen LogP contribution in [-0.2, 0) is 9.53 Å². The Kier molecular flexibility index (Phi) is 3.30. The summed E-state index contributed by atoms with van der Waals surface area (Å²) in [4.78, 5) is 29.2. The molecule has 0 spiro atoms. The van der Waals surface area contributed by atoms with Crippen molar-refractivity contribution in [1.82, 2.24) is 19.5 Å². The van der Waals surface area contributed by atoms with Crippen molar-refractivity contribution in [1.29, 1.82) is 0 Å². The molecule has 1 saturated heterocycles. The Morgan fingerprint density at radius 1 is 1.48 bits per heavy atom. The third kappa shape index (κ3) is 2.33. The van der Waals surface area contributed by atoms with E-state index in [0.29, 0.717) is 23.4 Å². The van der Waals surface area contributed by atoms with Crippen LogP contribution in [0.1, 0.15) is 16.1 Å². The predicted molar refractivity (Wildman–Crippen MR) is 71.0 cm³/mol. The minimum absolute atomic E-state index is 0.0325. The number of fused-ring (bicyclic) bond motifs is 1. The minimum Gasteiger partial charge on any atom is -0.479 e. The highest BCUT2D eigenvalue weighted by atomic mass is 16.5. The molecule has 1 amide bonds. The zero-order valence-corrected chi connectivity index (χ0v) is 11.4. The molecular weight excluding hydrogens is 276 g/mol. The number of hydrogen-bond donors (Lipinski definition) is 1. The van der Waals surface area contributed by atoms with Gasteiger partial charge in [0.1, 0.15) is 0 Å². The summed E-state index contributed by atoms with van der Waals surface area (Å²) in [6, 6.07) is 1.75. The fraction of sp³-hybridized carbons (Fsp3) is 0.385. The molecule has 1 aliphatic rings. The highest BCUT2D eigenvalue weighted by molar-refractivity contribution is 5.95. The summed E-state index contributed by atoms with van der Waals surface area (Å²) in [7, 11) is 0. The van der Waals surface area contributed by atoms with Crippen molar-refractivity contribution in [2.75, 3.05) is 19.7 Å². The Morgan fingerprint density at radius 3 is 3.05 bits per heavy atom. The van der Waals surface area contributed by atoms with Crippen LogP contribution in [0.3, 0.4) is 0 Å². The first-order chi connectivity index (χ1) is 10.1. The molecule has 1 aliphatic heterocycles. The van der Waals surface area contributed by atoms with Crippen LogP contribution in [0.25, 0.3) is 5.65 Å². The number of amides is 1. The van der Waals surface area contributed by atoms with Gasteiger partial charge in [0.25, 0.3) is 5.91 Å². The number of carboxylic acid groups (broad SMARTS) is 1. The molecule has 2 aromatic rings. The Bertz CT molecular complexity index is 711. The molecule has 0 saturated carbocycles. The number of aryl methyl sites for hydroxylation is 1. The van der Waals surface area contributed by atoms with Gasteiger partial charge >= 0.3 is 5.97 Å². The van der Waals surface area contributed by atoms with Crippen LogP contribution in [0, 0.1) is 6.92 Å². The van der Waals surface area contributed by atoms with E-state index in [1.165, 1.54) is 11.1 Å².